The third-order valence-corrected chi connectivity index (χ3v) is 20.4. The number of methoxy groups -OCH3 is 1. The van der Waals surface area contributed by atoms with Crippen molar-refractivity contribution in [3.63, 3.8) is 0 Å². The highest BCUT2D eigenvalue weighted by atomic mass is 31.2. The lowest BCUT2D eigenvalue weighted by atomic mass is 9.84. The molecule has 11 heteroatoms. The largest absolute Gasteiger partial charge is 0.493 e. The van der Waals surface area contributed by atoms with Crippen molar-refractivity contribution < 1.29 is 31.2 Å². The third kappa shape index (κ3) is 10.8. The van der Waals surface area contributed by atoms with Crippen LogP contribution in [0.2, 0.25) is 39.3 Å². The number of hydrogen-bond donors (Lipinski definition) is 0. The number of rotatable bonds is 10. The predicted octanol–water partition coefficient (Wildman–Crippen LogP) is 18.9. The van der Waals surface area contributed by atoms with Crippen LogP contribution in [0.1, 0.15) is 91.6 Å². The van der Waals surface area contributed by atoms with E-state index in [1.807, 2.05) is 18.2 Å². The molecule has 0 aliphatic carbocycles. The van der Waals surface area contributed by atoms with Crippen LogP contribution < -0.4 is 28.7 Å². The number of ether oxygens (including phenoxy) is 1. The molecule has 1 aliphatic rings. The molecule has 0 fully saturated rings. The van der Waals surface area contributed by atoms with E-state index in [0.29, 0.717) is 18.1 Å². The normalized spacial score (nSPS) is 14.2. The Morgan fingerprint density at radius 2 is 0.947 bits per heavy atom. The SMILES string of the molecule is COc1cccc2c1OP(Oc1c(-c3cc(-c4c(C)cc(C)cc4C)cc([Si](C)(C)C)c3Op3oc4c(C(C)(C)C)cccc4c4cccc(C(C)(C)C)c4o3)cc(-c3c(C)cc(C)cc3C)cc1[Si](C)(C)C)OC2. The maximum absolute atomic E-state index is 7.79. The van der Waals surface area contributed by atoms with Gasteiger partial charge in [-0.05, 0) is 125 Å². The molecule has 7 aromatic carbocycles. The molecular weight excluding hydrogens is 999 g/mol. The lowest BCUT2D eigenvalue weighted by Gasteiger charge is -2.31. The van der Waals surface area contributed by atoms with Crippen LogP contribution in [0, 0.1) is 41.5 Å². The maximum Gasteiger partial charge on any atom is 0.463 e. The van der Waals surface area contributed by atoms with Gasteiger partial charge in [0.05, 0.1) is 29.9 Å². The first kappa shape index (κ1) is 54.3. The number of benzene rings is 7. The Hall–Kier alpha value is -5.54. The molecule has 0 saturated heterocycles. The van der Waals surface area contributed by atoms with E-state index in [9.17, 15) is 0 Å². The summed E-state index contributed by atoms with van der Waals surface area (Å²) in [7, 11) is -7.09. The van der Waals surface area contributed by atoms with Crippen molar-refractivity contribution in [2.75, 3.05) is 7.11 Å². The number of fused-ring (bicyclic) bond motifs is 4. The topological polar surface area (TPSA) is 72.4 Å². The zero-order valence-electron chi connectivity index (χ0n) is 47.8. The van der Waals surface area contributed by atoms with Crippen LogP contribution >= 0.6 is 16.8 Å². The lowest BCUT2D eigenvalue weighted by Crippen LogP contribution is -2.40. The van der Waals surface area contributed by atoms with Gasteiger partial charge in [0.2, 0.25) is 0 Å². The molecule has 7 nitrogen and oxygen atoms in total. The van der Waals surface area contributed by atoms with Gasteiger partial charge >= 0.3 is 16.8 Å². The van der Waals surface area contributed by atoms with Gasteiger partial charge in [-0.1, -0.05) is 177 Å². The summed E-state index contributed by atoms with van der Waals surface area (Å²) in [5.41, 5.74) is 17.9. The summed E-state index contributed by atoms with van der Waals surface area (Å²) in [6, 6.07) is 37.4. The molecule has 0 N–H and O–H groups in total. The van der Waals surface area contributed by atoms with Crippen molar-refractivity contribution in [1.82, 2.24) is 0 Å². The van der Waals surface area contributed by atoms with E-state index in [-0.39, 0.29) is 10.8 Å². The van der Waals surface area contributed by atoms with Gasteiger partial charge in [-0.3, -0.25) is 4.52 Å². The maximum atomic E-state index is 7.79. The number of para-hydroxylation sites is 3. The number of hydrogen-bond acceptors (Lipinski definition) is 7. The monoisotopic (exact) mass is 1070 g/mol. The number of aryl methyl sites for hydroxylation is 6. The third-order valence-electron chi connectivity index (χ3n) is 14.4. The zero-order valence-corrected chi connectivity index (χ0v) is 51.6. The van der Waals surface area contributed by atoms with Gasteiger partial charge in [0.25, 0.3) is 0 Å². The minimum atomic E-state index is -2.35. The molecule has 9 rings (SSSR count). The second-order valence-corrected chi connectivity index (χ2v) is 37.0. The van der Waals surface area contributed by atoms with Gasteiger partial charge in [-0.15, -0.1) is 0 Å². The molecule has 75 heavy (non-hydrogen) atoms. The minimum Gasteiger partial charge on any atom is -0.493 e. The molecule has 0 bridgehead atoms. The molecule has 0 spiro atoms. The van der Waals surface area contributed by atoms with Crippen LogP contribution in [-0.2, 0) is 22.0 Å². The van der Waals surface area contributed by atoms with Crippen molar-refractivity contribution in [1.29, 1.82) is 0 Å². The van der Waals surface area contributed by atoms with Crippen molar-refractivity contribution in [3.05, 3.63) is 153 Å². The highest BCUT2D eigenvalue weighted by molar-refractivity contribution is 7.42. The Labute approximate surface area is 450 Å². The van der Waals surface area contributed by atoms with Crippen molar-refractivity contribution in [2.45, 2.75) is 140 Å². The van der Waals surface area contributed by atoms with Gasteiger partial charge < -0.3 is 26.7 Å². The average molecular weight is 1080 g/mol. The summed E-state index contributed by atoms with van der Waals surface area (Å²) in [4.78, 5) is 0. The van der Waals surface area contributed by atoms with Crippen molar-refractivity contribution in [3.8, 4) is 56.4 Å². The highest BCUT2D eigenvalue weighted by Gasteiger charge is 2.36. The van der Waals surface area contributed by atoms with E-state index in [2.05, 4.69) is 207 Å². The minimum absolute atomic E-state index is 0.250. The quantitative estimate of drug-likeness (QED) is 0.0998. The van der Waals surface area contributed by atoms with E-state index in [1.54, 1.807) is 7.11 Å². The fourth-order valence-electron chi connectivity index (χ4n) is 11.0. The first-order valence-corrected chi connectivity index (χ1v) is 35.4. The van der Waals surface area contributed by atoms with Crippen LogP contribution in [0.15, 0.2) is 112 Å². The Morgan fingerprint density at radius 1 is 0.520 bits per heavy atom. The molecule has 2 heterocycles. The van der Waals surface area contributed by atoms with E-state index in [4.69, 9.17) is 31.2 Å². The fraction of sp³-hybridized carbons (Fsp3) is 0.344. The van der Waals surface area contributed by atoms with Crippen molar-refractivity contribution in [2.24, 2.45) is 0 Å². The van der Waals surface area contributed by atoms with E-state index in [1.165, 1.54) is 44.5 Å². The smallest absolute Gasteiger partial charge is 0.463 e. The Morgan fingerprint density at radius 3 is 1.36 bits per heavy atom. The van der Waals surface area contributed by atoms with E-state index < -0.39 is 33.0 Å². The summed E-state index contributed by atoms with van der Waals surface area (Å²) in [6.07, 6.45) is 0. The van der Waals surface area contributed by atoms with Gasteiger partial charge in [0.1, 0.15) is 22.7 Å². The summed E-state index contributed by atoms with van der Waals surface area (Å²) in [5, 5.41) is 4.26. The summed E-state index contributed by atoms with van der Waals surface area (Å²) in [5.74, 6) is 2.73. The Bertz CT molecular complexity index is 3450. The Kier molecular flexibility index (Phi) is 14.6. The summed E-state index contributed by atoms with van der Waals surface area (Å²) >= 11 is 0. The zero-order chi connectivity index (χ0) is 54.3. The molecule has 0 radical (unpaired) electrons. The van der Waals surface area contributed by atoms with Crippen LogP contribution in [0.25, 0.3) is 55.3 Å². The first-order valence-electron chi connectivity index (χ1n) is 26.2. The van der Waals surface area contributed by atoms with Crippen LogP contribution in [0.5, 0.6) is 23.0 Å². The molecule has 1 aliphatic heterocycles. The fourth-order valence-corrected chi connectivity index (χ4v) is 16.3. The van der Waals surface area contributed by atoms with Crippen LogP contribution in [0.4, 0.5) is 0 Å². The van der Waals surface area contributed by atoms with Gasteiger partial charge in [-0.2, -0.15) is 0 Å². The van der Waals surface area contributed by atoms with Gasteiger partial charge in [0.15, 0.2) is 11.5 Å². The van der Waals surface area contributed by atoms with Gasteiger partial charge in [-0.25, -0.2) is 0 Å². The molecule has 0 saturated carbocycles. The standard InChI is InChI=1S/C64H76O7P2Si2/c1-38-29-40(3)56(41(4)30-38)45-33-49(61(54(35-45)74(14,15)16)70-72-66-37-44-23-20-28-53(65-13)58(44)67-72)50-34-46(57-42(5)31-39(2)32-43(57)6)36-55(75(17,18)19)62(50)71-73-68-59-47(24-21-26-51(59)63(7,8)9)48-25-22-27-52(60(48)69-73)64(10,11)12/h20-36H,37H2,1-19H3. The predicted molar refractivity (Wildman–Crippen MR) is 323 cm³/mol. The van der Waals surface area contributed by atoms with Crippen LogP contribution in [-0.4, -0.2) is 23.3 Å². The second-order valence-electron chi connectivity index (χ2n) is 24.8. The lowest BCUT2D eigenvalue weighted by molar-refractivity contribution is 0.228. The average Bonchev–Trinajstić information content (AvgIpc) is 3.46. The highest BCUT2D eigenvalue weighted by Crippen LogP contribution is 2.54. The Balaban J connectivity index is 1.45. The first-order chi connectivity index (χ1) is 35.1. The molecule has 1 atom stereocenters. The van der Waals surface area contributed by atoms with Crippen LogP contribution in [0.3, 0.4) is 0 Å². The molecule has 392 valence electrons. The summed E-state index contributed by atoms with van der Waals surface area (Å²) < 4.78 is 49.1. The van der Waals surface area contributed by atoms with Crippen molar-refractivity contribution >= 4 is 65.3 Å². The molecule has 1 aromatic heterocycles. The molecule has 1 unspecified atom stereocenters. The van der Waals surface area contributed by atoms with E-state index in [0.717, 1.165) is 82.8 Å². The molecule has 0 amide bonds. The summed E-state index contributed by atoms with van der Waals surface area (Å²) in [6.45, 7) is 41.4. The second kappa shape index (κ2) is 20.1. The van der Waals surface area contributed by atoms with E-state index >= 15 is 0 Å². The van der Waals surface area contributed by atoms with Gasteiger partial charge in [0, 0.05) is 38.6 Å². The molecule has 8 aromatic rings. The molecular formula is C64H76O7P2Si2.